The van der Waals surface area contributed by atoms with Gasteiger partial charge in [-0.05, 0) is 18.1 Å². The Labute approximate surface area is 118 Å². The summed E-state index contributed by atoms with van der Waals surface area (Å²) in [6, 6.07) is 1.47. The number of halogens is 3. The molecular formula is C13H12ClF2NO3. The van der Waals surface area contributed by atoms with Gasteiger partial charge in [0.05, 0.1) is 16.5 Å². The highest BCUT2D eigenvalue weighted by Gasteiger charge is 2.37. The van der Waals surface area contributed by atoms with Crippen molar-refractivity contribution in [1.82, 2.24) is 4.90 Å². The van der Waals surface area contributed by atoms with E-state index in [1.807, 2.05) is 0 Å². The van der Waals surface area contributed by atoms with E-state index in [0.29, 0.717) is 0 Å². The van der Waals surface area contributed by atoms with E-state index in [1.54, 1.807) is 6.92 Å². The Hall–Kier alpha value is -1.69. The van der Waals surface area contributed by atoms with Gasteiger partial charge in [0.2, 0.25) is 0 Å². The van der Waals surface area contributed by atoms with Crippen molar-refractivity contribution in [2.24, 2.45) is 11.8 Å². The first-order valence-corrected chi connectivity index (χ1v) is 6.35. The second kappa shape index (κ2) is 5.36. The Morgan fingerprint density at radius 2 is 1.95 bits per heavy atom. The molecule has 7 heteroatoms. The number of rotatable bonds is 2. The summed E-state index contributed by atoms with van der Waals surface area (Å²) in [6.07, 6.45) is 0. The fraction of sp³-hybridized carbons (Fsp3) is 0.385. The third kappa shape index (κ3) is 2.60. The number of benzene rings is 1. The molecule has 1 saturated heterocycles. The maximum Gasteiger partial charge on any atom is 0.308 e. The van der Waals surface area contributed by atoms with Crippen molar-refractivity contribution < 1.29 is 23.5 Å². The summed E-state index contributed by atoms with van der Waals surface area (Å²) in [5.74, 6) is -4.48. The lowest BCUT2D eigenvalue weighted by Gasteiger charge is -2.16. The number of carboxylic acid groups (broad SMARTS) is 1. The zero-order valence-corrected chi connectivity index (χ0v) is 11.3. The third-order valence-corrected chi connectivity index (χ3v) is 3.75. The average molecular weight is 304 g/mol. The number of hydrogen-bond donors (Lipinski definition) is 1. The highest BCUT2D eigenvalue weighted by molar-refractivity contribution is 6.30. The standard InChI is InChI=1S/C13H12ClF2NO3/c1-6-4-17(5-8(6)13(19)20)12(18)7-2-11(16)9(14)3-10(7)15/h2-3,6,8H,4-5H2,1H3,(H,19,20)/t6-,8-/m1/s1. The molecule has 1 heterocycles. The second-order valence-electron chi connectivity index (χ2n) is 4.88. The first-order chi connectivity index (χ1) is 9.31. The maximum atomic E-state index is 13.7. The van der Waals surface area contributed by atoms with Gasteiger partial charge in [0.1, 0.15) is 11.6 Å². The van der Waals surface area contributed by atoms with Gasteiger partial charge in [-0.25, -0.2) is 8.78 Å². The predicted molar refractivity (Wildman–Crippen MR) is 67.6 cm³/mol. The van der Waals surface area contributed by atoms with Crippen molar-refractivity contribution in [3.05, 3.63) is 34.4 Å². The SMILES string of the molecule is C[C@@H]1CN(C(=O)c2cc(F)c(Cl)cc2F)C[C@H]1C(=O)O. The first-order valence-electron chi connectivity index (χ1n) is 5.98. The third-order valence-electron chi connectivity index (χ3n) is 3.46. The molecule has 1 aromatic rings. The molecule has 1 aliphatic heterocycles. The quantitative estimate of drug-likeness (QED) is 0.854. The molecule has 4 nitrogen and oxygen atoms in total. The van der Waals surface area contributed by atoms with Gasteiger partial charge in [-0.2, -0.15) is 0 Å². The fourth-order valence-electron chi connectivity index (χ4n) is 2.31. The lowest BCUT2D eigenvalue weighted by atomic mass is 9.99. The van der Waals surface area contributed by atoms with Gasteiger partial charge in [-0.15, -0.1) is 0 Å². The minimum absolute atomic E-state index is 0.0149. The number of amides is 1. The molecule has 20 heavy (non-hydrogen) atoms. The number of aliphatic carboxylic acids is 1. The summed E-state index contributed by atoms with van der Waals surface area (Å²) < 4.78 is 27.0. The molecule has 108 valence electrons. The number of carboxylic acids is 1. The van der Waals surface area contributed by atoms with Crippen LogP contribution in [0.3, 0.4) is 0 Å². The average Bonchev–Trinajstić information content (AvgIpc) is 2.75. The Bertz CT molecular complexity index is 579. The summed E-state index contributed by atoms with van der Waals surface area (Å²) in [5, 5.41) is 8.59. The number of nitrogens with zero attached hydrogens (tertiary/aromatic N) is 1. The van der Waals surface area contributed by atoms with Gasteiger partial charge in [0.25, 0.3) is 5.91 Å². The lowest BCUT2D eigenvalue weighted by molar-refractivity contribution is -0.142. The fourth-order valence-corrected chi connectivity index (χ4v) is 2.46. The predicted octanol–water partition coefficient (Wildman–Crippen LogP) is 2.41. The topological polar surface area (TPSA) is 57.6 Å². The highest BCUT2D eigenvalue weighted by atomic mass is 35.5. The van der Waals surface area contributed by atoms with Gasteiger partial charge >= 0.3 is 5.97 Å². The van der Waals surface area contributed by atoms with Crippen molar-refractivity contribution in [1.29, 1.82) is 0 Å². The largest absolute Gasteiger partial charge is 0.481 e. The summed E-state index contributed by atoms with van der Waals surface area (Å²) >= 11 is 5.42. The molecule has 0 aliphatic carbocycles. The summed E-state index contributed by atoms with van der Waals surface area (Å²) in [7, 11) is 0. The van der Waals surface area contributed by atoms with Crippen molar-refractivity contribution in [3.63, 3.8) is 0 Å². The highest BCUT2D eigenvalue weighted by Crippen LogP contribution is 2.26. The van der Waals surface area contributed by atoms with Crippen molar-refractivity contribution in [2.75, 3.05) is 13.1 Å². The van der Waals surface area contributed by atoms with E-state index < -0.39 is 40.0 Å². The minimum atomic E-state index is -1.00. The van der Waals surface area contributed by atoms with Crippen LogP contribution in [-0.4, -0.2) is 35.0 Å². The van der Waals surface area contributed by atoms with Crippen LogP contribution in [-0.2, 0) is 4.79 Å². The van der Waals surface area contributed by atoms with E-state index in [2.05, 4.69) is 0 Å². The van der Waals surface area contributed by atoms with Crippen molar-refractivity contribution >= 4 is 23.5 Å². The normalized spacial score (nSPS) is 22.1. The van der Waals surface area contributed by atoms with E-state index in [9.17, 15) is 18.4 Å². The Morgan fingerprint density at radius 3 is 2.50 bits per heavy atom. The molecule has 0 aromatic heterocycles. The van der Waals surface area contributed by atoms with E-state index in [-0.39, 0.29) is 19.0 Å². The van der Waals surface area contributed by atoms with Gasteiger partial charge in [-0.3, -0.25) is 9.59 Å². The molecule has 0 bridgehead atoms. The molecule has 1 aromatic carbocycles. The van der Waals surface area contributed by atoms with Crippen molar-refractivity contribution in [2.45, 2.75) is 6.92 Å². The Kier molecular flexibility index (Phi) is 3.94. The van der Waals surface area contributed by atoms with E-state index in [0.717, 1.165) is 12.1 Å². The van der Waals surface area contributed by atoms with Gasteiger partial charge in [0.15, 0.2) is 0 Å². The minimum Gasteiger partial charge on any atom is -0.481 e. The van der Waals surface area contributed by atoms with Crippen LogP contribution >= 0.6 is 11.6 Å². The summed E-state index contributed by atoms with van der Waals surface area (Å²) in [5.41, 5.74) is -0.440. The molecule has 2 atom stereocenters. The van der Waals surface area contributed by atoms with Crippen LogP contribution in [0.25, 0.3) is 0 Å². The zero-order valence-electron chi connectivity index (χ0n) is 10.6. The van der Waals surface area contributed by atoms with Gasteiger partial charge in [-0.1, -0.05) is 18.5 Å². The number of hydrogen-bond acceptors (Lipinski definition) is 2. The van der Waals surface area contributed by atoms with Crippen LogP contribution < -0.4 is 0 Å². The smallest absolute Gasteiger partial charge is 0.308 e. The molecule has 2 rings (SSSR count). The lowest BCUT2D eigenvalue weighted by Crippen LogP contribution is -2.30. The molecule has 0 unspecified atom stereocenters. The van der Waals surface area contributed by atoms with Crippen LogP contribution in [0.1, 0.15) is 17.3 Å². The summed E-state index contributed by atoms with van der Waals surface area (Å²) in [6.45, 7) is 1.88. The molecule has 1 N–H and O–H groups in total. The van der Waals surface area contributed by atoms with Crippen LogP contribution in [0, 0.1) is 23.5 Å². The van der Waals surface area contributed by atoms with Crippen LogP contribution in [0.15, 0.2) is 12.1 Å². The summed E-state index contributed by atoms with van der Waals surface area (Å²) in [4.78, 5) is 24.3. The molecule has 1 aliphatic rings. The Morgan fingerprint density at radius 1 is 1.30 bits per heavy atom. The Balaban J connectivity index is 2.25. The van der Waals surface area contributed by atoms with E-state index in [4.69, 9.17) is 16.7 Å². The maximum absolute atomic E-state index is 13.7. The van der Waals surface area contributed by atoms with Crippen LogP contribution in [0.5, 0.6) is 0 Å². The molecule has 1 fully saturated rings. The van der Waals surface area contributed by atoms with Crippen LogP contribution in [0.4, 0.5) is 8.78 Å². The molecule has 1 amide bonds. The molecular weight excluding hydrogens is 292 g/mol. The van der Waals surface area contributed by atoms with Crippen molar-refractivity contribution in [3.8, 4) is 0 Å². The molecule has 0 radical (unpaired) electrons. The zero-order chi connectivity index (χ0) is 15.0. The second-order valence-corrected chi connectivity index (χ2v) is 5.29. The van der Waals surface area contributed by atoms with E-state index in [1.165, 1.54) is 4.90 Å². The van der Waals surface area contributed by atoms with Gasteiger partial charge in [0, 0.05) is 13.1 Å². The number of carbonyl (C=O) groups excluding carboxylic acids is 1. The molecule has 0 spiro atoms. The van der Waals surface area contributed by atoms with Crippen LogP contribution in [0.2, 0.25) is 5.02 Å². The number of carbonyl (C=O) groups is 2. The van der Waals surface area contributed by atoms with Gasteiger partial charge < -0.3 is 10.0 Å². The molecule has 0 saturated carbocycles. The monoisotopic (exact) mass is 303 g/mol. The first kappa shape index (κ1) is 14.7. The number of likely N-dealkylation sites (tertiary alicyclic amines) is 1. The van der Waals surface area contributed by atoms with E-state index >= 15 is 0 Å².